The molecule has 8 nitrogen and oxygen atoms in total. The van der Waals surface area contributed by atoms with Crippen LogP contribution in [-0.4, -0.2) is 59.6 Å². The molecule has 0 radical (unpaired) electrons. The maximum absolute atomic E-state index is 12.2. The molecule has 1 aliphatic heterocycles. The zero-order valence-electron chi connectivity index (χ0n) is 12.2. The number of hydrogen-bond acceptors (Lipinski definition) is 8. The highest BCUT2D eigenvalue weighted by molar-refractivity contribution is 6.03. The minimum Gasteiger partial charge on any atom is -0.465 e. The van der Waals surface area contributed by atoms with Gasteiger partial charge in [0.2, 0.25) is 5.41 Å². The van der Waals surface area contributed by atoms with E-state index in [0.29, 0.717) is 0 Å². The van der Waals surface area contributed by atoms with E-state index < -0.39 is 41.6 Å². The van der Waals surface area contributed by atoms with Gasteiger partial charge in [0.1, 0.15) is 12.7 Å². The van der Waals surface area contributed by atoms with Crippen molar-refractivity contribution in [2.45, 2.75) is 38.9 Å². The number of aliphatic hydroxyl groups is 2. The van der Waals surface area contributed by atoms with Crippen LogP contribution in [0.3, 0.4) is 0 Å². The molecule has 0 spiro atoms. The van der Waals surface area contributed by atoms with Crippen LogP contribution in [-0.2, 0) is 28.6 Å². The molecule has 1 rings (SSSR count). The summed E-state index contributed by atoms with van der Waals surface area (Å²) in [7, 11) is 0. The van der Waals surface area contributed by atoms with Crippen LogP contribution in [0.4, 0.5) is 0 Å². The van der Waals surface area contributed by atoms with Gasteiger partial charge in [0, 0.05) is 0 Å². The zero-order valence-corrected chi connectivity index (χ0v) is 12.2. The molecule has 0 saturated carbocycles. The first-order valence-corrected chi connectivity index (χ1v) is 6.73. The van der Waals surface area contributed by atoms with Gasteiger partial charge in [-0.15, -0.1) is 0 Å². The fourth-order valence-electron chi connectivity index (χ4n) is 2.18. The Kier molecular flexibility index (Phi) is 5.30. The fraction of sp³-hybridized carbons (Fsp3) is 0.769. The number of esters is 3. The highest BCUT2D eigenvalue weighted by Gasteiger charge is 2.67. The van der Waals surface area contributed by atoms with Crippen molar-refractivity contribution in [3.8, 4) is 0 Å². The summed E-state index contributed by atoms with van der Waals surface area (Å²) in [6.45, 7) is 3.61. The largest absolute Gasteiger partial charge is 0.465 e. The summed E-state index contributed by atoms with van der Waals surface area (Å²) in [6, 6.07) is 0. The van der Waals surface area contributed by atoms with Gasteiger partial charge in [0.15, 0.2) is 5.60 Å². The number of ether oxygens (including phenoxy) is 3. The SMILES string of the molecule is CCOC(=O)C1(C(=O)OCC)COC(=O)[C@@](O)(CC)[C@@H]1O. The smallest absolute Gasteiger partial charge is 0.340 e. The Balaban J connectivity index is 3.33. The molecule has 0 unspecified atom stereocenters. The van der Waals surface area contributed by atoms with Crippen LogP contribution in [0.25, 0.3) is 0 Å². The van der Waals surface area contributed by atoms with Crippen molar-refractivity contribution in [2.24, 2.45) is 5.41 Å². The van der Waals surface area contributed by atoms with Gasteiger partial charge in [-0.05, 0) is 20.3 Å². The first-order valence-electron chi connectivity index (χ1n) is 6.73. The molecule has 0 aromatic carbocycles. The molecule has 8 heteroatoms. The van der Waals surface area contributed by atoms with Crippen molar-refractivity contribution in [2.75, 3.05) is 19.8 Å². The number of rotatable bonds is 5. The first-order chi connectivity index (χ1) is 9.81. The molecule has 120 valence electrons. The summed E-state index contributed by atoms with van der Waals surface area (Å²) in [5, 5.41) is 20.6. The topological polar surface area (TPSA) is 119 Å². The molecule has 2 atom stereocenters. The van der Waals surface area contributed by atoms with Crippen molar-refractivity contribution in [3.63, 3.8) is 0 Å². The number of carbonyl (C=O) groups excluding carboxylic acids is 3. The normalized spacial score (nSPS) is 27.7. The zero-order chi connectivity index (χ0) is 16.3. The molecule has 21 heavy (non-hydrogen) atoms. The van der Waals surface area contributed by atoms with Crippen LogP contribution in [0.2, 0.25) is 0 Å². The molecular formula is C13H20O8. The highest BCUT2D eigenvalue weighted by atomic mass is 16.6. The van der Waals surface area contributed by atoms with Crippen LogP contribution in [0, 0.1) is 5.41 Å². The second-order valence-electron chi connectivity index (χ2n) is 4.67. The van der Waals surface area contributed by atoms with Crippen LogP contribution >= 0.6 is 0 Å². The van der Waals surface area contributed by atoms with Gasteiger partial charge in [-0.25, -0.2) is 4.79 Å². The molecule has 0 bridgehead atoms. The first kappa shape index (κ1) is 17.4. The molecule has 1 heterocycles. The van der Waals surface area contributed by atoms with Gasteiger partial charge < -0.3 is 24.4 Å². The van der Waals surface area contributed by atoms with E-state index in [2.05, 4.69) is 0 Å². The standard InChI is InChI=1S/C13H20O8/c1-4-13(18)8(14)12(7-21-11(13)17,9(15)19-5-2)10(16)20-6-3/h8,14,18H,4-7H2,1-3H3/t8-,13-/m1/s1. The van der Waals surface area contributed by atoms with Gasteiger partial charge in [-0.2, -0.15) is 0 Å². The van der Waals surface area contributed by atoms with Crippen LogP contribution in [0.5, 0.6) is 0 Å². The van der Waals surface area contributed by atoms with Crippen molar-refractivity contribution < 1.29 is 38.8 Å². The molecular weight excluding hydrogens is 284 g/mol. The quantitative estimate of drug-likeness (QED) is 0.383. The molecule has 0 amide bonds. The van der Waals surface area contributed by atoms with Gasteiger partial charge >= 0.3 is 17.9 Å². The van der Waals surface area contributed by atoms with Crippen molar-refractivity contribution in [1.82, 2.24) is 0 Å². The summed E-state index contributed by atoms with van der Waals surface area (Å²) in [4.78, 5) is 36.0. The maximum atomic E-state index is 12.2. The third kappa shape index (κ3) is 2.60. The third-order valence-corrected chi connectivity index (χ3v) is 3.52. The molecule has 1 saturated heterocycles. The monoisotopic (exact) mass is 304 g/mol. The predicted molar refractivity (Wildman–Crippen MR) is 67.9 cm³/mol. The second-order valence-corrected chi connectivity index (χ2v) is 4.67. The van der Waals surface area contributed by atoms with Crippen LogP contribution in [0.1, 0.15) is 27.2 Å². The fourth-order valence-corrected chi connectivity index (χ4v) is 2.18. The van der Waals surface area contributed by atoms with E-state index in [1.807, 2.05) is 0 Å². The minimum absolute atomic E-state index is 0.0504. The van der Waals surface area contributed by atoms with Gasteiger partial charge in [0.25, 0.3) is 0 Å². The predicted octanol–water partition coefficient (Wildman–Crippen LogP) is -0.842. The maximum Gasteiger partial charge on any atom is 0.340 e. The number of carbonyl (C=O) groups is 3. The Bertz CT molecular complexity index is 414. The Hall–Kier alpha value is -1.67. The van der Waals surface area contributed by atoms with Crippen LogP contribution < -0.4 is 0 Å². The average Bonchev–Trinajstić information content (AvgIpc) is 2.45. The molecule has 1 aliphatic rings. The van der Waals surface area contributed by atoms with Crippen molar-refractivity contribution >= 4 is 17.9 Å². The molecule has 0 aliphatic carbocycles. The van der Waals surface area contributed by atoms with E-state index >= 15 is 0 Å². The highest BCUT2D eigenvalue weighted by Crippen LogP contribution is 2.39. The molecule has 0 aromatic rings. The summed E-state index contributed by atoms with van der Waals surface area (Å²) < 4.78 is 14.3. The van der Waals surface area contributed by atoms with E-state index in [-0.39, 0.29) is 19.6 Å². The van der Waals surface area contributed by atoms with Crippen molar-refractivity contribution in [1.29, 1.82) is 0 Å². The van der Waals surface area contributed by atoms with Gasteiger partial charge in [-0.3, -0.25) is 9.59 Å². The Morgan fingerprint density at radius 1 is 1.24 bits per heavy atom. The van der Waals surface area contributed by atoms with Crippen molar-refractivity contribution in [3.05, 3.63) is 0 Å². The van der Waals surface area contributed by atoms with E-state index in [1.165, 1.54) is 20.8 Å². The lowest BCUT2D eigenvalue weighted by Gasteiger charge is -2.43. The number of hydrogen-bond donors (Lipinski definition) is 2. The lowest BCUT2D eigenvalue weighted by atomic mass is 9.71. The molecule has 1 fully saturated rings. The lowest BCUT2D eigenvalue weighted by molar-refractivity contribution is -0.232. The van der Waals surface area contributed by atoms with E-state index in [9.17, 15) is 24.6 Å². The number of cyclic esters (lactones) is 1. The van der Waals surface area contributed by atoms with E-state index in [1.54, 1.807) is 0 Å². The Morgan fingerprint density at radius 2 is 1.71 bits per heavy atom. The summed E-state index contributed by atoms with van der Waals surface area (Å²) in [5.41, 5.74) is -4.66. The number of aliphatic hydroxyl groups excluding tert-OH is 1. The molecule has 2 N–H and O–H groups in total. The summed E-state index contributed by atoms with van der Waals surface area (Å²) >= 11 is 0. The third-order valence-electron chi connectivity index (χ3n) is 3.52. The minimum atomic E-state index is -2.38. The Labute approximate surface area is 122 Å². The second kappa shape index (κ2) is 6.40. The summed E-state index contributed by atoms with van der Waals surface area (Å²) in [5.74, 6) is -3.30. The van der Waals surface area contributed by atoms with E-state index in [0.717, 1.165) is 0 Å². The molecule has 0 aromatic heterocycles. The van der Waals surface area contributed by atoms with Crippen LogP contribution in [0.15, 0.2) is 0 Å². The van der Waals surface area contributed by atoms with Gasteiger partial charge in [0.05, 0.1) is 13.2 Å². The Morgan fingerprint density at radius 3 is 2.10 bits per heavy atom. The lowest BCUT2D eigenvalue weighted by Crippen LogP contribution is -2.69. The summed E-state index contributed by atoms with van der Waals surface area (Å²) in [6.07, 6.45) is -2.26. The van der Waals surface area contributed by atoms with Gasteiger partial charge in [-0.1, -0.05) is 6.92 Å². The van der Waals surface area contributed by atoms with E-state index in [4.69, 9.17) is 14.2 Å². The average molecular weight is 304 g/mol.